The SMILES string of the molecule is CC(N[S@@+]([O-])C(C)(C)C)c1cccc(C(F)(F)CC2CN(C(=O)OC(C)(C)C)C2)c1. The molecule has 0 saturated carbocycles. The molecule has 1 saturated heterocycles. The van der Waals surface area contributed by atoms with Gasteiger partial charge < -0.3 is 14.2 Å². The second kappa shape index (κ2) is 9.01. The zero-order valence-electron chi connectivity index (χ0n) is 18.9. The molecule has 1 amide bonds. The Kier molecular flexibility index (Phi) is 7.47. The largest absolute Gasteiger partial charge is 0.598 e. The van der Waals surface area contributed by atoms with Crippen molar-refractivity contribution < 1.29 is 22.9 Å². The number of carbonyl (C=O) groups excluding carboxylic acids is 1. The molecule has 1 unspecified atom stereocenters. The van der Waals surface area contributed by atoms with Crippen LogP contribution in [0.3, 0.4) is 0 Å². The lowest BCUT2D eigenvalue weighted by Crippen LogP contribution is -2.52. The van der Waals surface area contributed by atoms with Crippen LogP contribution in [0, 0.1) is 5.92 Å². The van der Waals surface area contributed by atoms with Crippen LogP contribution in [0.25, 0.3) is 0 Å². The molecule has 0 aromatic heterocycles. The Morgan fingerprint density at radius 2 is 1.87 bits per heavy atom. The molecule has 1 aliphatic heterocycles. The number of benzene rings is 1. The van der Waals surface area contributed by atoms with Gasteiger partial charge in [0.1, 0.15) is 10.3 Å². The quantitative estimate of drug-likeness (QED) is 0.617. The number of halogens is 2. The third-order valence-corrected chi connectivity index (χ3v) is 6.48. The lowest BCUT2D eigenvalue weighted by atomic mass is 9.89. The van der Waals surface area contributed by atoms with Crippen molar-refractivity contribution in [2.75, 3.05) is 13.1 Å². The standard InChI is InChI=1S/C22H34F2N2O3S/c1-15(25-30(28)21(5,6)7)17-9-8-10-18(11-17)22(23,24)12-16-13-26(14-16)19(27)29-20(2,3)4/h8-11,15-16,25H,12-14H2,1-7H3/t15?,30-/m0/s1. The van der Waals surface area contributed by atoms with Gasteiger partial charge in [0.15, 0.2) is 0 Å². The van der Waals surface area contributed by atoms with Crippen LogP contribution in [0.15, 0.2) is 24.3 Å². The van der Waals surface area contributed by atoms with Crippen LogP contribution in [0.4, 0.5) is 13.6 Å². The Morgan fingerprint density at radius 3 is 2.40 bits per heavy atom. The number of rotatable bonds is 6. The van der Waals surface area contributed by atoms with Gasteiger partial charge in [0.05, 0.1) is 6.04 Å². The van der Waals surface area contributed by atoms with Crippen molar-refractivity contribution in [3.8, 4) is 0 Å². The molecule has 1 heterocycles. The van der Waals surface area contributed by atoms with Crippen molar-refractivity contribution in [3.05, 3.63) is 35.4 Å². The average Bonchev–Trinajstić information content (AvgIpc) is 2.55. The second-order valence-corrected chi connectivity index (χ2v) is 12.0. The predicted octanol–water partition coefficient (Wildman–Crippen LogP) is 5.15. The molecule has 0 spiro atoms. The van der Waals surface area contributed by atoms with Crippen LogP contribution in [0.1, 0.15) is 72.1 Å². The van der Waals surface area contributed by atoms with Gasteiger partial charge in [0.25, 0.3) is 5.92 Å². The van der Waals surface area contributed by atoms with E-state index in [1.165, 1.54) is 17.0 Å². The first-order chi connectivity index (χ1) is 13.6. The summed E-state index contributed by atoms with van der Waals surface area (Å²) in [4.78, 5) is 13.4. The molecule has 1 fully saturated rings. The van der Waals surface area contributed by atoms with Crippen molar-refractivity contribution in [1.29, 1.82) is 0 Å². The smallest absolute Gasteiger partial charge is 0.410 e. The molecule has 170 valence electrons. The van der Waals surface area contributed by atoms with Gasteiger partial charge in [0, 0.05) is 42.4 Å². The van der Waals surface area contributed by atoms with Crippen LogP contribution >= 0.6 is 0 Å². The maximum atomic E-state index is 14.9. The van der Waals surface area contributed by atoms with Crippen molar-refractivity contribution >= 4 is 17.5 Å². The Bertz CT molecular complexity index is 741. The number of carbonyl (C=O) groups is 1. The van der Waals surface area contributed by atoms with E-state index in [0.717, 1.165) is 0 Å². The molecular weight excluding hydrogens is 410 g/mol. The Labute approximate surface area is 181 Å². The summed E-state index contributed by atoms with van der Waals surface area (Å²) in [5.74, 6) is -3.29. The van der Waals surface area contributed by atoms with Crippen LogP contribution < -0.4 is 4.72 Å². The van der Waals surface area contributed by atoms with Crippen molar-refractivity contribution in [2.45, 2.75) is 77.2 Å². The van der Waals surface area contributed by atoms with Gasteiger partial charge in [-0.1, -0.05) is 18.2 Å². The van der Waals surface area contributed by atoms with E-state index in [4.69, 9.17) is 4.74 Å². The first kappa shape index (κ1) is 24.9. The number of hydrogen-bond acceptors (Lipinski definition) is 4. The van der Waals surface area contributed by atoms with Gasteiger partial charge in [-0.25, -0.2) is 13.6 Å². The number of nitrogens with one attached hydrogen (secondary N) is 1. The number of amides is 1. The maximum Gasteiger partial charge on any atom is 0.410 e. The summed E-state index contributed by atoms with van der Waals surface area (Å²) in [5, 5.41) is 0. The van der Waals surface area contributed by atoms with E-state index in [2.05, 4.69) is 4.72 Å². The fourth-order valence-electron chi connectivity index (χ4n) is 3.10. The van der Waals surface area contributed by atoms with E-state index in [9.17, 15) is 18.1 Å². The molecule has 2 rings (SSSR count). The average molecular weight is 445 g/mol. The first-order valence-corrected chi connectivity index (χ1v) is 11.4. The first-order valence-electron chi connectivity index (χ1n) is 10.2. The van der Waals surface area contributed by atoms with Gasteiger partial charge in [0.2, 0.25) is 0 Å². The number of hydrogen-bond donors (Lipinski definition) is 1. The molecule has 1 N–H and O–H groups in total. The minimum absolute atomic E-state index is 0.0640. The number of likely N-dealkylation sites (tertiary alicyclic amines) is 1. The molecule has 8 heteroatoms. The highest BCUT2D eigenvalue weighted by Crippen LogP contribution is 2.38. The van der Waals surface area contributed by atoms with Crippen LogP contribution in [0.5, 0.6) is 0 Å². The van der Waals surface area contributed by atoms with E-state index in [1.807, 2.05) is 27.7 Å². The van der Waals surface area contributed by atoms with Crippen LogP contribution in [0.2, 0.25) is 0 Å². The fraction of sp³-hybridized carbons (Fsp3) is 0.682. The van der Waals surface area contributed by atoms with Gasteiger partial charge in [-0.3, -0.25) is 0 Å². The van der Waals surface area contributed by atoms with E-state index < -0.39 is 33.7 Å². The van der Waals surface area contributed by atoms with Gasteiger partial charge >= 0.3 is 6.09 Å². The Balaban J connectivity index is 1.97. The topological polar surface area (TPSA) is 64.6 Å². The summed E-state index contributed by atoms with van der Waals surface area (Å²) in [5.41, 5.74) is -0.00632. The number of nitrogens with zero attached hydrogens (tertiary/aromatic N) is 1. The molecule has 0 aliphatic carbocycles. The van der Waals surface area contributed by atoms with Gasteiger partial charge in [-0.05, 0) is 60.1 Å². The summed E-state index contributed by atoms with van der Waals surface area (Å²) in [6, 6.07) is 5.92. The van der Waals surface area contributed by atoms with Crippen molar-refractivity contribution in [3.63, 3.8) is 0 Å². The lowest BCUT2D eigenvalue weighted by Gasteiger charge is -2.41. The van der Waals surface area contributed by atoms with Crippen molar-refractivity contribution in [2.24, 2.45) is 5.92 Å². The van der Waals surface area contributed by atoms with E-state index in [-0.39, 0.29) is 37.0 Å². The molecule has 30 heavy (non-hydrogen) atoms. The van der Waals surface area contributed by atoms with Gasteiger partial charge in [-0.15, -0.1) is 4.72 Å². The second-order valence-electron chi connectivity index (χ2n) is 10.0. The molecule has 1 aromatic rings. The molecule has 0 radical (unpaired) electrons. The van der Waals surface area contributed by atoms with Crippen LogP contribution in [-0.4, -0.2) is 39.0 Å². The maximum absolute atomic E-state index is 14.9. The van der Waals surface area contributed by atoms with E-state index in [1.54, 1.807) is 32.9 Å². The predicted molar refractivity (Wildman–Crippen MR) is 116 cm³/mol. The number of alkyl halides is 2. The minimum Gasteiger partial charge on any atom is -0.598 e. The monoisotopic (exact) mass is 444 g/mol. The van der Waals surface area contributed by atoms with E-state index >= 15 is 0 Å². The molecular formula is C22H34F2N2O3S. The summed E-state index contributed by atoms with van der Waals surface area (Å²) in [7, 11) is 0. The fourth-order valence-corrected chi connectivity index (χ4v) is 3.91. The highest BCUT2D eigenvalue weighted by atomic mass is 32.2. The molecule has 1 aliphatic rings. The zero-order chi connectivity index (χ0) is 22.9. The highest BCUT2D eigenvalue weighted by Gasteiger charge is 2.42. The number of ether oxygens (including phenoxy) is 1. The molecule has 1 aromatic carbocycles. The zero-order valence-corrected chi connectivity index (χ0v) is 19.7. The normalized spacial score (nSPS) is 18.0. The minimum atomic E-state index is -3.01. The van der Waals surface area contributed by atoms with Gasteiger partial charge in [-0.2, -0.15) is 0 Å². The summed E-state index contributed by atoms with van der Waals surface area (Å²) >= 11 is -1.30. The third-order valence-electron chi connectivity index (χ3n) is 4.80. The summed E-state index contributed by atoms with van der Waals surface area (Å²) in [6.45, 7) is 13.2. The Morgan fingerprint density at radius 1 is 1.27 bits per heavy atom. The molecule has 5 nitrogen and oxygen atoms in total. The summed E-state index contributed by atoms with van der Waals surface area (Å²) < 4.78 is 49.9. The molecule has 2 atom stereocenters. The highest BCUT2D eigenvalue weighted by molar-refractivity contribution is 7.90. The third kappa shape index (κ3) is 6.82. The lowest BCUT2D eigenvalue weighted by molar-refractivity contribution is -0.0612. The van der Waals surface area contributed by atoms with E-state index in [0.29, 0.717) is 5.56 Å². The molecule has 0 bridgehead atoms. The van der Waals surface area contributed by atoms with Crippen molar-refractivity contribution in [1.82, 2.24) is 9.62 Å². The Hall–Kier alpha value is -1.38. The summed E-state index contributed by atoms with van der Waals surface area (Å²) in [6.07, 6.45) is -0.790. The van der Waals surface area contributed by atoms with Crippen LogP contribution in [-0.2, 0) is 22.0 Å².